The Bertz CT molecular complexity index is 435. The Morgan fingerprint density at radius 2 is 1.86 bits per heavy atom. The standard InChI is InChI=1S/C14H21F2N3O.2ClH/c1-3-19(2)12(11-7-5-4-6-8-11)13(20)18-10-14(15,16)9-17;;/h4-8,12H,3,9-10,17H2,1-2H3,(H,18,20);2*1H. The second kappa shape index (κ2) is 10.7. The molecule has 0 spiro atoms. The number of hydrogen-bond acceptors (Lipinski definition) is 3. The molecule has 8 heteroatoms. The summed E-state index contributed by atoms with van der Waals surface area (Å²) in [5.41, 5.74) is 5.72. The second-order valence-electron chi connectivity index (χ2n) is 4.66. The molecule has 0 aliphatic heterocycles. The average Bonchev–Trinajstić information content (AvgIpc) is 2.46. The monoisotopic (exact) mass is 357 g/mol. The van der Waals surface area contributed by atoms with Crippen molar-refractivity contribution in [1.29, 1.82) is 0 Å². The molecule has 1 atom stereocenters. The minimum absolute atomic E-state index is 0. The minimum atomic E-state index is -3.08. The molecule has 0 aromatic heterocycles. The summed E-state index contributed by atoms with van der Waals surface area (Å²) < 4.78 is 26.2. The van der Waals surface area contributed by atoms with Crippen molar-refractivity contribution in [2.75, 3.05) is 26.7 Å². The number of nitrogens with one attached hydrogen (secondary N) is 1. The SMILES string of the molecule is CCN(C)C(C(=O)NCC(F)(F)CN)c1ccccc1.Cl.Cl. The molecule has 0 aliphatic carbocycles. The molecular formula is C14H23Cl2F2N3O. The highest BCUT2D eigenvalue weighted by atomic mass is 35.5. The zero-order chi connectivity index (χ0) is 15.2. The Kier molecular flexibility index (Phi) is 11.4. The normalized spacial score (nSPS) is 12.1. The first-order chi connectivity index (χ1) is 9.41. The molecule has 0 saturated heterocycles. The van der Waals surface area contributed by atoms with Gasteiger partial charge in [-0.3, -0.25) is 9.69 Å². The molecule has 22 heavy (non-hydrogen) atoms. The smallest absolute Gasteiger partial charge is 0.277 e. The van der Waals surface area contributed by atoms with Crippen LogP contribution < -0.4 is 11.1 Å². The largest absolute Gasteiger partial charge is 0.348 e. The van der Waals surface area contributed by atoms with Gasteiger partial charge in [0.1, 0.15) is 6.04 Å². The van der Waals surface area contributed by atoms with E-state index in [9.17, 15) is 13.6 Å². The fourth-order valence-corrected chi connectivity index (χ4v) is 1.81. The van der Waals surface area contributed by atoms with Crippen molar-refractivity contribution in [3.05, 3.63) is 35.9 Å². The van der Waals surface area contributed by atoms with Crippen LogP contribution in [0.4, 0.5) is 8.78 Å². The van der Waals surface area contributed by atoms with Gasteiger partial charge in [-0.2, -0.15) is 0 Å². The molecule has 4 nitrogen and oxygen atoms in total. The van der Waals surface area contributed by atoms with E-state index in [2.05, 4.69) is 5.32 Å². The highest BCUT2D eigenvalue weighted by molar-refractivity contribution is 5.85. The van der Waals surface area contributed by atoms with Gasteiger partial charge in [-0.15, -0.1) is 24.8 Å². The molecule has 0 saturated carbocycles. The van der Waals surface area contributed by atoms with Crippen LogP contribution in [0.1, 0.15) is 18.5 Å². The molecule has 0 fully saturated rings. The number of alkyl halides is 2. The number of nitrogens with two attached hydrogens (primary N) is 1. The van der Waals surface area contributed by atoms with Crippen LogP contribution in [0, 0.1) is 0 Å². The van der Waals surface area contributed by atoms with Gasteiger partial charge in [-0.25, -0.2) is 8.78 Å². The summed E-state index contributed by atoms with van der Waals surface area (Å²) in [5.74, 6) is -3.53. The van der Waals surface area contributed by atoms with Crippen LogP contribution in [0.2, 0.25) is 0 Å². The van der Waals surface area contributed by atoms with Crippen molar-refractivity contribution in [3.63, 3.8) is 0 Å². The van der Waals surface area contributed by atoms with Crippen molar-refractivity contribution in [2.24, 2.45) is 5.73 Å². The van der Waals surface area contributed by atoms with E-state index in [0.717, 1.165) is 5.56 Å². The number of amides is 1. The minimum Gasteiger partial charge on any atom is -0.348 e. The van der Waals surface area contributed by atoms with Crippen LogP contribution in [0.15, 0.2) is 30.3 Å². The zero-order valence-electron chi connectivity index (χ0n) is 12.6. The van der Waals surface area contributed by atoms with E-state index in [1.165, 1.54) is 0 Å². The lowest BCUT2D eigenvalue weighted by molar-refractivity contribution is -0.128. The third kappa shape index (κ3) is 6.87. The van der Waals surface area contributed by atoms with E-state index in [1.807, 2.05) is 25.1 Å². The predicted molar refractivity (Wildman–Crippen MR) is 89.0 cm³/mol. The van der Waals surface area contributed by atoms with Crippen LogP contribution in [0.3, 0.4) is 0 Å². The Morgan fingerprint density at radius 1 is 1.32 bits per heavy atom. The van der Waals surface area contributed by atoms with Gasteiger partial charge in [-0.1, -0.05) is 37.3 Å². The van der Waals surface area contributed by atoms with Gasteiger partial charge < -0.3 is 11.1 Å². The maximum absolute atomic E-state index is 13.1. The number of nitrogens with zero attached hydrogens (tertiary/aromatic N) is 1. The highest BCUT2D eigenvalue weighted by Crippen LogP contribution is 2.19. The predicted octanol–water partition coefficient (Wildman–Crippen LogP) is 2.23. The van der Waals surface area contributed by atoms with Crippen molar-refractivity contribution >= 4 is 30.7 Å². The first kappa shape index (κ1) is 23.3. The van der Waals surface area contributed by atoms with Gasteiger partial charge in [0, 0.05) is 0 Å². The number of halogens is 4. The summed E-state index contributed by atoms with van der Waals surface area (Å²) in [5, 5.41) is 2.28. The van der Waals surface area contributed by atoms with E-state index in [1.54, 1.807) is 24.1 Å². The Labute approximate surface area is 142 Å². The molecule has 0 heterocycles. The van der Waals surface area contributed by atoms with Crippen molar-refractivity contribution in [3.8, 4) is 0 Å². The number of rotatable bonds is 7. The molecule has 1 amide bonds. The lowest BCUT2D eigenvalue weighted by Crippen LogP contribution is -2.45. The highest BCUT2D eigenvalue weighted by Gasteiger charge is 2.30. The average molecular weight is 358 g/mol. The molecule has 0 aliphatic rings. The molecule has 3 N–H and O–H groups in total. The van der Waals surface area contributed by atoms with Crippen molar-refractivity contribution < 1.29 is 13.6 Å². The summed E-state index contributed by atoms with van der Waals surface area (Å²) in [7, 11) is 1.78. The Balaban J connectivity index is 0. The van der Waals surface area contributed by atoms with E-state index in [4.69, 9.17) is 5.73 Å². The van der Waals surface area contributed by atoms with Gasteiger partial charge >= 0.3 is 0 Å². The van der Waals surface area contributed by atoms with Gasteiger partial charge in [0.25, 0.3) is 5.92 Å². The van der Waals surface area contributed by atoms with Crippen LogP contribution in [-0.2, 0) is 4.79 Å². The third-order valence-corrected chi connectivity index (χ3v) is 3.12. The second-order valence-corrected chi connectivity index (χ2v) is 4.66. The maximum atomic E-state index is 13.1. The van der Waals surface area contributed by atoms with Gasteiger partial charge in [-0.05, 0) is 19.2 Å². The fraction of sp³-hybridized carbons (Fsp3) is 0.500. The fourth-order valence-electron chi connectivity index (χ4n) is 1.81. The summed E-state index contributed by atoms with van der Waals surface area (Å²) in [6, 6.07) is 8.48. The topological polar surface area (TPSA) is 58.4 Å². The van der Waals surface area contributed by atoms with Crippen LogP contribution in [0.5, 0.6) is 0 Å². The molecular weight excluding hydrogens is 335 g/mol. The molecule has 0 bridgehead atoms. The molecule has 1 rings (SSSR count). The summed E-state index contributed by atoms with van der Waals surface area (Å²) in [6.07, 6.45) is 0. The number of likely N-dealkylation sites (N-methyl/N-ethyl adjacent to an activating group) is 1. The molecule has 1 unspecified atom stereocenters. The lowest BCUT2D eigenvalue weighted by atomic mass is 10.0. The Hall–Kier alpha value is -0.950. The lowest BCUT2D eigenvalue weighted by Gasteiger charge is -2.27. The number of carbonyl (C=O) groups is 1. The molecule has 1 aromatic rings. The van der Waals surface area contributed by atoms with Crippen LogP contribution in [-0.4, -0.2) is 43.4 Å². The summed E-state index contributed by atoms with van der Waals surface area (Å²) in [4.78, 5) is 14.0. The van der Waals surface area contributed by atoms with Gasteiger partial charge in [0.15, 0.2) is 0 Å². The zero-order valence-corrected chi connectivity index (χ0v) is 14.2. The van der Waals surface area contributed by atoms with E-state index >= 15 is 0 Å². The van der Waals surface area contributed by atoms with Gasteiger partial charge in [0.2, 0.25) is 5.91 Å². The van der Waals surface area contributed by atoms with E-state index in [0.29, 0.717) is 6.54 Å². The number of hydrogen-bond donors (Lipinski definition) is 2. The summed E-state index contributed by atoms with van der Waals surface area (Å²) >= 11 is 0. The van der Waals surface area contributed by atoms with E-state index in [-0.39, 0.29) is 24.8 Å². The number of carbonyl (C=O) groups excluding carboxylic acids is 1. The van der Waals surface area contributed by atoms with Gasteiger partial charge in [0.05, 0.1) is 13.1 Å². The number of benzene rings is 1. The maximum Gasteiger partial charge on any atom is 0.277 e. The quantitative estimate of drug-likeness (QED) is 0.786. The van der Waals surface area contributed by atoms with Crippen LogP contribution >= 0.6 is 24.8 Å². The molecule has 1 aromatic carbocycles. The first-order valence-corrected chi connectivity index (χ1v) is 6.52. The molecule has 128 valence electrons. The van der Waals surface area contributed by atoms with Crippen molar-refractivity contribution in [1.82, 2.24) is 10.2 Å². The third-order valence-electron chi connectivity index (χ3n) is 3.12. The molecule has 0 radical (unpaired) electrons. The van der Waals surface area contributed by atoms with Crippen LogP contribution in [0.25, 0.3) is 0 Å². The van der Waals surface area contributed by atoms with E-state index < -0.39 is 31.0 Å². The van der Waals surface area contributed by atoms with Crippen molar-refractivity contribution in [2.45, 2.75) is 18.9 Å². The Morgan fingerprint density at radius 3 is 2.32 bits per heavy atom. The summed E-state index contributed by atoms with van der Waals surface area (Å²) in [6.45, 7) is 0.994. The first-order valence-electron chi connectivity index (χ1n) is 6.52.